The molecule has 0 radical (unpaired) electrons. The average molecular weight is 124 g/mol. The van der Waals surface area contributed by atoms with Crippen LogP contribution in [-0.4, -0.2) is 18.4 Å². The first-order chi connectivity index (χ1) is 2.77. The van der Waals surface area contributed by atoms with Crippen LogP contribution >= 0.6 is 22.0 Å². The Morgan fingerprint density at radius 3 is 2.00 bits per heavy atom. The number of hydrogen-bond donors (Lipinski definition) is 1. The van der Waals surface area contributed by atoms with Gasteiger partial charge in [-0.15, -0.1) is 0 Å². The van der Waals surface area contributed by atoms with Crippen molar-refractivity contribution in [2.75, 3.05) is 14.1 Å². The van der Waals surface area contributed by atoms with Gasteiger partial charge in [-0.3, -0.25) is 5.14 Å². The number of hydrogen-bond acceptors (Lipinski definition) is 4. The molecule has 0 spiro atoms. The molecule has 0 atom stereocenters. The van der Waals surface area contributed by atoms with E-state index in [4.69, 9.17) is 5.14 Å². The van der Waals surface area contributed by atoms with Gasteiger partial charge in [-0.2, -0.15) is 0 Å². The van der Waals surface area contributed by atoms with Crippen LogP contribution in [0.4, 0.5) is 0 Å². The lowest BCUT2D eigenvalue weighted by molar-refractivity contribution is 0.711. The summed E-state index contributed by atoms with van der Waals surface area (Å²) in [6.07, 6.45) is 0. The molecule has 0 aromatic heterocycles. The summed E-state index contributed by atoms with van der Waals surface area (Å²) >= 11 is 0. The summed E-state index contributed by atoms with van der Waals surface area (Å²) in [4.78, 5) is 0. The molecule has 0 aromatic carbocycles. The van der Waals surface area contributed by atoms with Crippen LogP contribution in [0.3, 0.4) is 0 Å². The predicted octanol–water partition coefficient (Wildman–Crippen LogP) is 0.718. The summed E-state index contributed by atoms with van der Waals surface area (Å²) in [6, 6.07) is 0. The second kappa shape index (κ2) is 3.80. The van der Waals surface area contributed by atoms with Crippen LogP contribution in [0.15, 0.2) is 0 Å². The topological polar surface area (TPSA) is 29.3 Å². The molecule has 0 saturated carbocycles. The lowest BCUT2D eigenvalue weighted by Gasteiger charge is -2.00. The molecule has 38 valence electrons. The van der Waals surface area contributed by atoms with Crippen molar-refractivity contribution in [1.29, 1.82) is 0 Å². The van der Waals surface area contributed by atoms with Gasteiger partial charge in [0.2, 0.25) is 0 Å². The summed E-state index contributed by atoms with van der Waals surface area (Å²) in [5.74, 6) is 0. The van der Waals surface area contributed by atoms with Gasteiger partial charge in [0.15, 0.2) is 0 Å². The van der Waals surface area contributed by atoms with E-state index in [9.17, 15) is 0 Å². The molecule has 2 nitrogen and oxygen atoms in total. The Labute approximate surface area is 46.1 Å². The van der Waals surface area contributed by atoms with Crippen LogP contribution in [0.25, 0.3) is 0 Å². The Kier molecular flexibility index (Phi) is 4.19. The van der Waals surface area contributed by atoms with E-state index in [-0.39, 0.29) is 0 Å². The maximum Gasteiger partial charge on any atom is 0.00739 e. The van der Waals surface area contributed by atoms with Crippen molar-refractivity contribution in [3.63, 3.8) is 0 Å². The second-order valence-corrected chi connectivity index (χ2v) is 3.08. The van der Waals surface area contributed by atoms with Crippen LogP contribution in [0, 0.1) is 0 Å². The summed E-state index contributed by atoms with van der Waals surface area (Å²) in [7, 11) is 6.66. The highest BCUT2D eigenvalue weighted by Crippen LogP contribution is 2.13. The first-order valence-corrected chi connectivity index (χ1v) is 3.65. The van der Waals surface area contributed by atoms with Crippen LogP contribution < -0.4 is 5.14 Å². The molecule has 0 aliphatic carbocycles. The molecule has 0 unspecified atom stereocenters. The minimum atomic E-state index is 1.25. The molecule has 0 amide bonds. The standard InChI is InChI=1S/C2H8N2S2/c1-4(2)6-5-3/h3H2,1-2H3. The van der Waals surface area contributed by atoms with E-state index in [0.717, 1.165) is 0 Å². The van der Waals surface area contributed by atoms with E-state index in [1.54, 1.807) is 0 Å². The van der Waals surface area contributed by atoms with Crippen molar-refractivity contribution >= 4 is 22.0 Å². The van der Waals surface area contributed by atoms with Crippen molar-refractivity contribution in [1.82, 2.24) is 4.31 Å². The SMILES string of the molecule is CN(C)SSN. The highest BCUT2D eigenvalue weighted by atomic mass is 33.1. The highest BCUT2D eigenvalue weighted by Gasteiger charge is 1.81. The van der Waals surface area contributed by atoms with Crippen molar-refractivity contribution in [3.05, 3.63) is 0 Å². The number of nitrogens with two attached hydrogens (primary N) is 1. The molecule has 4 heteroatoms. The monoisotopic (exact) mass is 124 g/mol. The molecule has 6 heavy (non-hydrogen) atoms. The Balaban J connectivity index is 2.63. The van der Waals surface area contributed by atoms with Crippen LogP contribution in [0.2, 0.25) is 0 Å². The van der Waals surface area contributed by atoms with E-state index in [2.05, 4.69) is 0 Å². The largest absolute Gasteiger partial charge is 0.267 e. The van der Waals surface area contributed by atoms with Gasteiger partial charge in [-0.05, 0) is 14.1 Å². The third kappa shape index (κ3) is 4.62. The van der Waals surface area contributed by atoms with Crippen LogP contribution in [0.1, 0.15) is 0 Å². The molecule has 0 fully saturated rings. The van der Waals surface area contributed by atoms with Crippen molar-refractivity contribution in [2.24, 2.45) is 5.14 Å². The summed E-state index contributed by atoms with van der Waals surface area (Å²) in [5.41, 5.74) is 0. The van der Waals surface area contributed by atoms with Gasteiger partial charge in [0.1, 0.15) is 0 Å². The zero-order chi connectivity index (χ0) is 4.99. The number of rotatable bonds is 2. The number of nitrogens with zero attached hydrogens (tertiary/aromatic N) is 1. The fourth-order valence-electron chi connectivity index (χ4n) is 0.0861. The lowest BCUT2D eigenvalue weighted by atomic mass is 11.3. The molecule has 0 heterocycles. The van der Waals surface area contributed by atoms with Gasteiger partial charge in [0, 0.05) is 22.0 Å². The third-order valence-electron chi connectivity index (χ3n) is 0.192. The minimum absolute atomic E-state index is 1.25. The van der Waals surface area contributed by atoms with E-state index in [0.29, 0.717) is 0 Å². The first-order valence-electron chi connectivity index (χ1n) is 1.48. The zero-order valence-electron chi connectivity index (χ0n) is 3.84. The van der Waals surface area contributed by atoms with Gasteiger partial charge in [-0.1, -0.05) is 0 Å². The van der Waals surface area contributed by atoms with Gasteiger partial charge < -0.3 is 0 Å². The highest BCUT2D eigenvalue weighted by molar-refractivity contribution is 8.74. The Bertz CT molecular complexity index is 30.7. The van der Waals surface area contributed by atoms with Gasteiger partial charge in [-0.25, -0.2) is 4.31 Å². The van der Waals surface area contributed by atoms with Crippen LogP contribution in [0.5, 0.6) is 0 Å². The molecular weight excluding hydrogens is 116 g/mol. The third-order valence-corrected chi connectivity index (χ3v) is 1.73. The molecule has 0 aliphatic heterocycles. The fraction of sp³-hybridized carbons (Fsp3) is 1.00. The fourth-order valence-corrected chi connectivity index (χ4v) is 0.775. The first kappa shape index (κ1) is 6.62. The van der Waals surface area contributed by atoms with Crippen molar-refractivity contribution in [3.8, 4) is 0 Å². The molecule has 0 saturated heterocycles. The molecule has 0 rings (SSSR count). The quantitative estimate of drug-likeness (QED) is 0.434. The maximum atomic E-state index is 5.07. The van der Waals surface area contributed by atoms with E-state index in [1.165, 1.54) is 22.0 Å². The average Bonchev–Trinajstić information content (AvgIpc) is 1.35. The summed E-state index contributed by atoms with van der Waals surface area (Å²) < 4.78 is 1.94. The molecule has 0 aliphatic rings. The van der Waals surface area contributed by atoms with E-state index < -0.39 is 0 Å². The van der Waals surface area contributed by atoms with Gasteiger partial charge in [0.25, 0.3) is 0 Å². The van der Waals surface area contributed by atoms with Crippen LogP contribution in [-0.2, 0) is 0 Å². The maximum absolute atomic E-state index is 5.07. The summed E-state index contributed by atoms with van der Waals surface area (Å²) in [5, 5.41) is 5.07. The van der Waals surface area contributed by atoms with Crippen molar-refractivity contribution < 1.29 is 0 Å². The molecular formula is C2H8N2S2. The Hall–Kier alpha value is 0.620. The van der Waals surface area contributed by atoms with Gasteiger partial charge in [0.05, 0.1) is 0 Å². The predicted molar refractivity (Wildman–Crippen MR) is 33.1 cm³/mol. The van der Waals surface area contributed by atoms with Crippen molar-refractivity contribution in [2.45, 2.75) is 0 Å². The van der Waals surface area contributed by atoms with E-state index >= 15 is 0 Å². The normalized spacial score (nSPS) is 10.0. The van der Waals surface area contributed by atoms with Gasteiger partial charge >= 0.3 is 0 Å². The molecule has 0 aromatic rings. The Morgan fingerprint density at radius 1 is 1.50 bits per heavy atom. The zero-order valence-corrected chi connectivity index (χ0v) is 5.47. The smallest absolute Gasteiger partial charge is 0.00739 e. The second-order valence-electron chi connectivity index (χ2n) is 0.983. The molecule has 2 N–H and O–H groups in total. The Morgan fingerprint density at radius 2 is 2.00 bits per heavy atom. The molecule has 0 bridgehead atoms. The minimum Gasteiger partial charge on any atom is -0.267 e. The summed E-state index contributed by atoms with van der Waals surface area (Å²) in [6.45, 7) is 0. The lowest BCUT2D eigenvalue weighted by Crippen LogP contribution is -1.96. The van der Waals surface area contributed by atoms with E-state index in [1.807, 2.05) is 18.4 Å².